The highest BCUT2D eigenvalue weighted by Crippen LogP contribution is 2.16. The largest absolute Gasteiger partial charge is 0.349 e. The quantitative estimate of drug-likeness (QED) is 0.728. The molecule has 0 saturated heterocycles. The molecule has 0 aromatic carbocycles. The molecule has 3 aromatic rings. The molecule has 0 unspecified atom stereocenters. The predicted octanol–water partition coefficient (Wildman–Crippen LogP) is 1.31. The van der Waals surface area contributed by atoms with Crippen LogP contribution in [0.3, 0.4) is 0 Å². The van der Waals surface area contributed by atoms with Crippen LogP contribution in [0.2, 0.25) is 0 Å². The summed E-state index contributed by atoms with van der Waals surface area (Å²) in [7, 11) is 0. The molecule has 1 amide bonds. The van der Waals surface area contributed by atoms with Gasteiger partial charge in [-0.05, 0) is 38.7 Å². The highest BCUT2D eigenvalue weighted by Gasteiger charge is 2.16. The number of aryl methyl sites for hydroxylation is 3. The van der Waals surface area contributed by atoms with Gasteiger partial charge in [0.25, 0.3) is 5.78 Å². The molecule has 0 radical (unpaired) electrons. The molecule has 4 heterocycles. The van der Waals surface area contributed by atoms with E-state index in [1.807, 2.05) is 13.8 Å². The summed E-state index contributed by atoms with van der Waals surface area (Å²) >= 11 is 0. The number of rotatable bonds is 5. The van der Waals surface area contributed by atoms with Gasteiger partial charge >= 0.3 is 0 Å². The van der Waals surface area contributed by atoms with E-state index in [9.17, 15) is 4.79 Å². The number of nitrogens with zero attached hydrogens (tertiary/aromatic N) is 7. The first-order valence-corrected chi connectivity index (χ1v) is 9.47. The molecule has 142 valence electrons. The number of fused-ring (bicyclic) bond motifs is 2. The van der Waals surface area contributed by atoms with Crippen molar-refractivity contribution in [3.05, 3.63) is 34.9 Å². The first-order chi connectivity index (χ1) is 13.1. The zero-order valence-electron chi connectivity index (χ0n) is 15.8. The minimum absolute atomic E-state index is 0.00143. The lowest BCUT2D eigenvalue weighted by atomic mass is 10.1. The maximum atomic E-state index is 12.4. The molecule has 0 spiro atoms. The third-order valence-corrected chi connectivity index (χ3v) is 5.22. The number of nitrogens with one attached hydrogen (secondary N) is 1. The van der Waals surface area contributed by atoms with E-state index in [0.717, 1.165) is 54.4 Å². The number of hydrogen-bond donors (Lipinski definition) is 1. The topological polar surface area (TPSA) is 103 Å². The van der Waals surface area contributed by atoms with E-state index in [4.69, 9.17) is 0 Å². The van der Waals surface area contributed by atoms with E-state index in [1.165, 1.54) is 12.7 Å². The van der Waals surface area contributed by atoms with E-state index in [0.29, 0.717) is 25.2 Å². The number of aromatic nitrogens is 7. The number of hydrogen-bond acceptors (Lipinski definition) is 6. The van der Waals surface area contributed by atoms with Crippen LogP contribution < -0.4 is 5.32 Å². The molecule has 0 aliphatic carbocycles. The van der Waals surface area contributed by atoms with E-state index >= 15 is 0 Å². The standard InChI is InChI=1S/C18H24N8O/c1-12-14(13(2)26-18(22-12)20-11-21-26)7-8-17(27)19-10-16-24-23-15-6-4-3-5-9-25(15)16/h11H,3-10H2,1-2H3,(H,19,27). The normalized spacial score (nSPS) is 14.1. The summed E-state index contributed by atoms with van der Waals surface area (Å²) in [5, 5.41) is 15.7. The van der Waals surface area contributed by atoms with E-state index in [-0.39, 0.29) is 5.91 Å². The van der Waals surface area contributed by atoms with Gasteiger partial charge in [-0.15, -0.1) is 10.2 Å². The van der Waals surface area contributed by atoms with Gasteiger partial charge in [-0.25, -0.2) is 9.50 Å². The van der Waals surface area contributed by atoms with Crippen LogP contribution in [0.1, 0.15) is 54.3 Å². The molecule has 1 aliphatic heterocycles. The maximum absolute atomic E-state index is 12.4. The van der Waals surface area contributed by atoms with Crippen LogP contribution in [0.25, 0.3) is 5.78 Å². The Morgan fingerprint density at radius 2 is 2.11 bits per heavy atom. The van der Waals surface area contributed by atoms with Crippen LogP contribution in [0.4, 0.5) is 0 Å². The third-order valence-electron chi connectivity index (χ3n) is 5.22. The number of carbonyl (C=O) groups excluding carboxylic acids is 1. The van der Waals surface area contributed by atoms with Crippen molar-refractivity contribution in [2.45, 2.75) is 65.5 Å². The first-order valence-electron chi connectivity index (χ1n) is 9.47. The maximum Gasteiger partial charge on any atom is 0.252 e. The molecular formula is C18H24N8O. The van der Waals surface area contributed by atoms with Crippen molar-refractivity contribution in [2.24, 2.45) is 0 Å². The summed E-state index contributed by atoms with van der Waals surface area (Å²) in [4.78, 5) is 20.9. The van der Waals surface area contributed by atoms with Gasteiger partial charge in [0.15, 0.2) is 5.82 Å². The van der Waals surface area contributed by atoms with E-state index in [2.05, 4.69) is 35.1 Å². The van der Waals surface area contributed by atoms with Crippen molar-refractivity contribution in [2.75, 3.05) is 0 Å². The fourth-order valence-electron chi connectivity index (χ4n) is 3.70. The predicted molar refractivity (Wildman–Crippen MR) is 98.0 cm³/mol. The van der Waals surface area contributed by atoms with Crippen molar-refractivity contribution in [1.82, 2.24) is 39.7 Å². The fraction of sp³-hybridized carbons (Fsp3) is 0.556. The second-order valence-electron chi connectivity index (χ2n) is 7.00. The third kappa shape index (κ3) is 3.54. The van der Waals surface area contributed by atoms with Gasteiger partial charge in [0, 0.05) is 30.8 Å². The fourth-order valence-corrected chi connectivity index (χ4v) is 3.70. The molecule has 1 N–H and O–H groups in total. The van der Waals surface area contributed by atoms with Gasteiger partial charge in [0.05, 0.1) is 6.54 Å². The molecule has 0 atom stereocenters. The Kier molecular flexibility index (Phi) is 4.83. The average Bonchev–Trinajstić information content (AvgIpc) is 3.20. The van der Waals surface area contributed by atoms with Crippen molar-refractivity contribution < 1.29 is 4.79 Å². The molecular weight excluding hydrogens is 344 g/mol. The van der Waals surface area contributed by atoms with Gasteiger partial charge in [0.1, 0.15) is 12.2 Å². The molecule has 9 heteroatoms. The van der Waals surface area contributed by atoms with Crippen LogP contribution in [0, 0.1) is 13.8 Å². The summed E-state index contributed by atoms with van der Waals surface area (Å²) in [6, 6.07) is 0. The summed E-state index contributed by atoms with van der Waals surface area (Å²) in [5.41, 5.74) is 2.91. The molecule has 3 aromatic heterocycles. The summed E-state index contributed by atoms with van der Waals surface area (Å²) in [6.45, 7) is 5.29. The SMILES string of the molecule is Cc1nc2ncnn2c(C)c1CCC(=O)NCc1nnc2n1CCCCC2. The molecule has 4 rings (SSSR count). The van der Waals surface area contributed by atoms with Gasteiger partial charge in [0.2, 0.25) is 5.91 Å². The van der Waals surface area contributed by atoms with Crippen LogP contribution in [-0.4, -0.2) is 40.3 Å². The van der Waals surface area contributed by atoms with Gasteiger partial charge in [-0.2, -0.15) is 10.1 Å². The lowest BCUT2D eigenvalue weighted by molar-refractivity contribution is -0.121. The van der Waals surface area contributed by atoms with Gasteiger partial charge < -0.3 is 9.88 Å². The molecule has 0 bridgehead atoms. The minimum Gasteiger partial charge on any atom is -0.349 e. The molecule has 0 saturated carbocycles. The van der Waals surface area contributed by atoms with Crippen LogP contribution in [0.15, 0.2) is 6.33 Å². The van der Waals surface area contributed by atoms with E-state index < -0.39 is 0 Å². The van der Waals surface area contributed by atoms with Gasteiger partial charge in [-0.3, -0.25) is 4.79 Å². The van der Waals surface area contributed by atoms with Crippen LogP contribution in [-0.2, 0) is 30.7 Å². The Bertz CT molecular complexity index is 973. The number of amides is 1. The van der Waals surface area contributed by atoms with E-state index in [1.54, 1.807) is 4.52 Å². The van der Waals surface area contributed by atoms with Crippen LogP contribution >= 0.6 is 0 Å². The second-order valence-corrected chi connectivity index (χ2v) is 7.00. The van der Waals surface area contributed by atoms with Crippen molar-refractivity contribution in [3.63, 3.8) is 0 Å². The molecule has 1 aliphatic rings. The van der Waals surface area contributed by atoms with Crippen molar-refractivity contribution in [1.29, 1.82) is 0 Å². The lowest BCUT2D eigenvalue weighted by Crippen LogP contribution is -2.25. The zero-order chi connectivity index (χ0) is 18.8. The smallest absolute Gasteiger partial charge is 0.252 e. The zero-order valence-corrected chi connectivity index (χ0v) is 15.8. The lowest BCUT2D eigenvalue weighted by Gasteiger charge is -2.11. The summed E-state index contributed by atoms with van der Waals surface area (Å²) < 4.78 is 3.87. The van der Waals surface area contributed by atoms with Crippen molar-refractivity contribution >= 4 is 11.7 Å². The second kappa shape index (κ2) is 7.42. The highest BCUT2D eigenvalue weighted by molar-refractivity contribution is 5.76. The Balaban J connectivity index is 1.37. The average molecular weight is 368 g/mol. The Hall–Kier alpha value is -2.84. The molecule has 9 nitrogen and oxygen atoms in total. The minimum atomic E-state index is -0.00143. The van der Waals surface area contributed by atoms with Gasteiger partial charge in [-0.1, -0.05) is 6.42 Å². The van der Waals surface area contributed by atoms with Crippen molar-refractivity contribution in [3.8, 4) is 0 Å². The molecule has 0 fully saturated rings. The summed E-state index contributed by atoms with van der Waals surface area (Å²) in [6.07, 6.45) is 6.99. The summed E-state index contributed by atoms with van der Waals surface area (Å²) in [5.74, 6) is 2.47. The monoisotopic (exact) mass is 368 g/mol. The Morgan fingerprint density at radius 1 is 1.22 bits per heavy atom. The Labute approximate surface area is 157 Å². The number of carbonyl (C=O) groups is 1. The first kappa shape index (κ1) is 17.6. The Morgan fingerprint density at radius 3 is 3.00 bits per heavy atom. The molecule has 27 heavy (non-hydrogen) atoms. The highest BCUT2D eigenvalue weighted by atomic mass is 16.1. The van der Waals surface area contributed by atoms with Crippen LogP contribution in [0.5, 0.6) is 0 Å².